The molecule has 2 aromatic carbocycles. The zero-order valence-corrected chi connectivity index (χ0v) is 22.0. The van der Waals surface area contributed by atoms with Crippen LogP contribution in [0.1, 0.15) is 48.8 Å². The van der Waals surface area contributed by atoms with Crippen LogP contribution in [0.3, 0.4) is 0 Å². The molecule has 4 amide bonds. The lowest BCUT2D eigenvalue weighted by molar-refractivity contribution is -0.149. The fourth-order valence-corrected chi connectivity index (χ4v) is 5.56. The Morgan fingerprint density at radius 1 is 1.07 bits per heavy atom. The van der Waals surface area contributed by atoms with E-state index < -0.39 is 41.4 Å². The summed E-state index contributed by atoms with van der Waals surface area (Å²) in [5, 5.41) is 8.32. The monoisotopic (exact) mass is 574 g/mol. The molecule has 2 heterocycles. The van der Waals surface area contributed by atoms with Gasteiger partial charge in [0, 0.05) is 23.7 Å². The van der Waals surface area contributed by atoms with Crippen molar-refractivity contribution in [2.45, 2.75) is 56.3 Å². The summed E-state index contributed by atoms with van der Waals surface area (Å²) in [6.07, 6.45) is -0.277. The van der Waals surface area contributed by atoms with E-state index in [2.05, 4.69) is 16.0 Å². The van der Waals surface area contributed by atoms with Crippen LogP contribution in [-0.2, 0) is 37.3 Å². The number of halogens is 4. The fraction of sp³-hybridized carbons (Fsp3) is 0.357. The third-order valence-electron chi connectivity index (χ3n) is 7.59. The third kappa shape index (κ3) is 5.48. The predicted molar refractivity (Wildman–Crippen MR) is 140 cm³/mol. The number of amides is 4. The maximum absolute atomic E-state index is 13.2. The van der Waals surface area contributed by atoms with Crippen LogP contribution >= 0.6 is 11.6 Å². The summed E-state index contributed by atoms with van der Waals surface area (Å²) in [4.78, 5) is 50.1. The van der Waals surface area contributed by atoms with Gasteiger partial charge >= 0.3 is 6.18 Å². The first-order valence-corrected chi connectivity index (χ1v) is 13.3. The summed E-state index contributed by atoms with van der Waals surface area (Å²) in [6, 6.07) is 10.2. The standard InChI is InChI=1S/C28H26ClF3N4O4/c29-20-6-5-16(13-19(20)28(30,31)32)9-12-33-27(10-2-11-27)17-3-1-4-18(14-17)34-21-15-24(38)36(26(21)40)22-7-8-23(37)35-25(22)39/h1,3-6,13-15,22,33-34H,2,7-12H2,(H,35,37,39). The quantitative estimate of drug-likeness (QED) is 0.411. The number of rotatable bonds is 8. The molecule has 1 aliphatic carbocycles. The highest BCUT2D eigenvalue weighted by Gasteiger charge is 2.43. The Bertz CT molecular complexity index is 1420. The number of nitrogens with zero attached hydrogens (tertiary/aromatic N) is 1. The first-order valence-electron chi connectivity index (χ1n) is 12.9. The highest BCUT2D eigenvalue weighted by molar-refractivity contribution is 6.31. The molecule has 3 N–H and O–H groups in total. The van der Waals surface area contributed by atoms with E-state index in [1.807, 2.05) is 18.2 Å². The van der Waals surface area contributed by atoms with Gasteiger partial charge in [0.05, 0.1) is 10.6 Å². The van der Waals surface area contributed by atoms with Crippen molar-refractivity contribution in [1.82, 2.24) is 15.5 Å². The van der Waals surface area contributed by atoms with Crippen LogP contribution in [0.25, 0.3) is 0 Å². The molecule has 0 radical (unpaired) electrons. The molecule has 5 rings (SSSR count). The second-order valence-corrected chi connectivity index (χ2v) is 10.6. The van der Waals surface area contributed by atoms with Crippen molar-refractivity contribution in [2.75, 3.05) is 11.9 Å². The number of benzene rings is 2. The molecule has 0 spiro atoms. The predicted octanol–water partition coefficient (Wildman–Crippen LogP) is 4.04. The fourth-order valence-electron chi connectivity index (χ4n) is 5.34. The average Bonchev–Trinajstić information content (AvgIpc) is 3.13. The summed E-state index contributed by atoms with van der Waals surface area (Å²) in [6.45, 7) is 0.440. The lowest BCUT2D eigenvalue weighted by Crippen LogP contribution is -2.54. The minimum absolute atomic E-state index is 0.0191. The molecule has 2 aromatic rings. The van der Waals surface area contributed by atoms with E-state index in [1.165, 1.54) is 6.07 Å². The summed E-state index contributed by atoms with van der Waals surface area (Å²) in [5.41, 5.74) is 0.816. The molecule has 0 bridgehead atoms. The summed E-state index contributed by atoms with van der Waals surface area (Å²) in [5.74, 6) is -2.41. The van der Waals surface area contributed by atoms with E-state index in [0.29, 0.717) is 24.2 Å². The number of carbonyl (C=O) groups excluding carboxylic acids is 4. The van der Waals surface area contributed by atoms with Gasteiger partial charge in [0.25, 0.3) is 11.8 Å². The van der Waals surface area contributed by atoms with Crippen LogP contribution in [0.15, 0.2) is 54.2 Å². The number of anilines is 1. The van der Waals surface area contributed by atoms with Gasteiger partial charge in [-0.25, -0.2) is 0 Å². The average molecular weight is 575 g/mol. The van der Waals surface area contributed by atoms with Crippen LogP contribution in [0.2, 0.25) is 5.02 Å². The van der Waals surface area contributed by atoms with Crippen molar-refractivity contribution in [3.63, 3.8) is 0 Å². The zero-order valence-electron chi connectivity index (χ0n) is 21.2. The van der Waals surface area contributed by atoms with Gasteiger partial charge in [0.15, 0.2) is 0 Å². The van der Waals surface area contributed by atoms with E-state index in [0.717, 1.165) is 41.9 Å². The lowest BCUT2D eigenvalue weighted by atomic mass is 9.71. The van der Waals surface area contributed by atoms with Gasteiger partial charge in [-0.1, -0.05) is 29.8 Å². The smallest absolute Gasteiger partial charge is 0.351 e. The van der Waals surface area contributed by atoms with Crippen LogP contribution in [0, 0.1) is 0 Å². The van der Waals surface area contributed by atoms with Gasteiger partial charge in [0.2, 0.25) is 11.8 Å². The number of piperidine rings is 1. The topological polar surface area (TPSA) is 108 Å². The highest BCUT2D eigenvalue weighted by Crippen LogP contribution is 2.42. The highest BCUT2D eigenvalue weighted by atomic mass is 35.5. The maximum atomic E-state index is 13.2. The molecule has 210 valence electrons. The Labute approximate surface area is 232 Å². The molecule has 40 heavy (non-hydrogen) atoms. The van der Waals surface area contributed by atoms with Crippen molar-refractivity contribution in [2.24, 2.45) is 0 Å². The van der Waals surface area contributed by atoms with Crippen molar-refractivity contribution < 1.29 is 32.3 Å². The number of imide groups is 2. The van der Waals surface area contributed by atoms with Crippen LogP contribution in [0.4, 0.5) is 18.9 Å². The molecule has 1 atom stereocenters. The second-order valence-electron chi connectivity index (χ2n) is 10.2. The molecule has 2 aliphatic heterocycles. The number of alkyl halides is 3. The van der Waals surface area contributed by atoms with Crippen LogP contribution in [-0.4, -0.2) is 41.1 Å². The molecular weight excluding hydrogens is 549 g/mol. The molecule has 1 saturated heterocycles. The molecule has 12 heteroatoms. The van der Waals surface area contributed by atoms with E-state index in [-0.39, 0.29) is 29.1 Å². The first-order chi connectivity index (χ1) is 19.0. The molecule has 3 aliphatic rings. The van der Waals surface area contributed by atoms with Gasteiger partial charge in [-0.2, -0.15) is 13.2 Å². The Kier molecular flexibility index (Phi) is 7.45. The van der Waals surface area contributed by atoms with Crippen LogP contribution < -0.4 is 16.0 Å². The molecule has 0 aromatic heterocycles. The van der Waals surface area contributed by atoms with Crippen molar-refractivity contribution in [3.05, 3.63) is 76.0 Å². The van der Waals surface area contributed by atoms with Gasteiger partial charge in [-0.15, -0.1) is 0 Å². The first kappa shape index (κ1) is 27.9. The number of carbonyl (C=O) groups is 4. The van der Waals surface area contributed by atoms with Gasteiger partial charge < -0.3 is 10.6 Å². The second kappa shape index (κ2) is 10.7. The largest absolute Gasteiger partial charge is 0.417 e. The SMILES string of the molecule is O=C1CCC(N2C(=O)C=C(Nc3cccc(C4(NCCc5ccc(Cl)c(C(F)(F)F)c5)CCC4)c3)C2=O)C(=O)N1. The van der Waals surface area contributed by atoms with Gasteiger partial charge in [-0.05, 0) is 74.0 Å². The lowest BCUT2D eigenvalue weighted by Gasteiger charge is -2.43. The molecular formula is C28H26ClF3N4O4. The van der Waals surface area contributed by atoms with E-state index in [1.54, 1.807) is 12.1 Å². The Morgan fingerprint density at radius 2 is 1.85 bits per heavy atom. The summed E-state index contributed by atoms with van der Waals surface area (Å²) in [7, 11) is 0. The van der Waals surface area contributed by atoms with Gasteiger partial charge in [-0.3, -0.25) is 29.4 Å². The van der Waals surface area contributed by atoms with Crippen molar-refractivity contribution in [3.8, 4) is 0 Å². The molecule has 1 unspecified atom stereocenters. The van der Waals surface area contributed by atoms with E-state index in [9.17, 15) is 32.3 Å². The van der Waals surface area contributed by atoms with Crippen molar-refractivity contribution >= 4 is 40.9 Å². The maximum Gasteiger partial charge on any atom is 0.417 e. The Hall–Kier alpha value is -3.70. The van der Waals surface area contributed by atoms with Crippen molar-refractivity contribution in [1.29, 1.82) is 0 Å². The van der Waals surface area contributed by atoms with Gasteiger partial charge in [0.1, 0.15) is 11.7 Å². The summed E-state index contributed by atoms with van der Waals surface area (Å²) < 4.78 is 39.7. The molecule has 8 nitrogen and oxygen atoms in total. The Morgan fingerprint density at radius 3 is 2.52 bits per heavy atom. The number of nitrogens with one attached hydrogen (secondary N) is 3. The normalized spacial score (nSPS) is 20.8. The minimum Gasteiger partial charge on any atom is -0.351 e. The minimum atomic E-state index is -4.52. The molecule has 1 saturated carbocycles. The number of hydrogen-bond acceptors (Lipinski definition) is 6. The zero-order chi connectivity index (χ0) is 28.7. The third-order valence-corrected chi connectivity index (χ3v) is 7.92. The number of hydrogen-bond donors (Lipinski definition) is 3. The van der Waals surface area contributed by atoms with E-state index in [4.69, 9.17) is 11.6 Å². The molecule has 2 fully saturated rings. The van der Waals surface area contributed by atoms with Crippen LogP contribution in [0.5, 0.6) is 0 Å². The summed E-state index contributed by atoms with van der Waals surface area (Å²) >= 11 is 5.73. The Balaban J connectivity index is 1.25. The van der Waals surface area contributed by atoms with E-state index >= 15 is 0 Å².